The second kappa shape index (κ2) is 15.7. The van der Waals surface area contributed by atoms with E-state index in [-0.39, 0.29) is 7.43 Å². The Labute approximate surface area is 332 Å². The van der Waals surface area contributed by atoms with Crippen LogP contribution in [0.15, 0.2) is 180 Å². The van der Waals surface area contributed by atoms with Crippen molar-refractivity contribution >= 4 is 126 Å². The van der Waals surface area contributed by atoms with Gasteiger partial charge in [-0.2, -0.15) is 0 Å². The van der Waals surface area contributed by atoms with Crippen LogP contribution < -0.4 is 5.46 Å². The normalized spacial score (nSPS) is 11.0. The topological polar surface area (TPSA) is 66.7 Å². The van der Waals surface area contributed by atoms with E-state index in [4.69, 9.17) is 18.9 Å². The van der Waals surface area contributed by atoms with Gasteiger partial charge in [-0.25, -0.2) is 0 Å². The molecule has 0 aliphatic carbocycles. The van der Waals surface area contributed by atoms with Crippen LogP contribution in [0, 0.1) is 0 Å². The van der Waals surface area contributed by atoms with E-state index in [1.165, 1.54) is 16.3 Å². The number of halogens is 3. The molecule has 0 bridgehead atoms. The predicted octanol–water partition coefficient (Wildman–Crippen LogP) is 13.4. The van der Waals surface area contributed by atoms with Crippen LogP contribution in [-0.2, 0) is 0 Å². The molecule has 4 nitrogen and oxygen atoms in total. The van der Waals surface area contributed by atoms with Crippen LogP contribution >= 0.6 is 47.8 Å². The van der Waals surface area contributed by atoms with Crippen LogP contribution in [-0.4, -0.2) is 17.2 Å². The van der Waals surface area contributed by atoms with Crippen LogP contribution in [0.25, 0.3) is 76.5 Å². The summed E-state index contributed by atoms with van der Waals surface area (Å²) in [6, 6.07) is 52.9. The smallest absolute Gasteiger partial charge is 0.455 e. The molecule has 0 aliphatic heterocycles. The third kappa shape index (κ3) is 7.56. The number of para-hydroxylation sites is 2. The van der Waals surface area contributed by atoms with Gasteiger partial charge in [-0.15, -0.1) is 0 Å². The molecule has 0 amide bonds. The highest BCUT2D eigenvalue weighted by molar-refractivity contribution is 9.11. The largest absolute Gasteiger partial charge is 0.488 e. The minimum Gasteiger partial charge on any atom is -0.455 e. The lowest BCUT2D eigenvalue weighted by molar-refractivity contribution is 0.426. The van der Waals surface area contributed by atoms with Gasteiger partial charge in [0.05, 0.1) is 4.47 Å². The maximum atomic E-state index is 8.94. The summed E-state index contributed by atoms with van der Waals surface area (Å²) in [6.45, 7) is 0. The predicted molar refractivity (Wildman–Crippen MR) is 234 cm³/mol. The minimum atomic E-state index is -1.38. The average molecular weight is 887 g/mol. The lowest BCUT2D eigenvalue weighted by atomic mass is 9.79. The van der Waals surface area contributed by atoms with E-state index in [0.717, 1.165) is 73.6 Å². The Balaban J connectivity index is 0.000000130. The number of benzene rings is 8. The van der Waals surface area contributed by atoms with Gasteiger partial charge in [0.15, 0.2) is 0 Å². The zero-order chi connectivity index (χ0) is 35.8. The lowest BCUT2D eigenvalue weighted by Crippen LogP contribution is -2.29. The Kier molecular flexibility index (Phi) is 10.9. The van der Waals surface area contributed by atoms with Gasteiger partial charge < -0.3 is 18.9 Å². The highest BCUT2D eigenvalue weighted by atomic mass is 79.9. The quantitative estimate of drug-likeness (QED) is 0.170. The lowest BCUT2D eigenvalue weighted by Gasteiger charge is -2.05. The average Bonchev–Trinajstić information content (AvgIpc) is 3.73. The van der Waals surface area contributed by atoms with E-state index >= 15 is 0 Å². The summed E-state index contributed by atoms with van der Waals surface area (Å²) in [4.78, 5) is 0. The molecule has 53 heavy (non-hydrogen) atoms. The van der Waals surface area contributed by atoms with Crippen molar-refractivity contribution < 1.29 is 18.9 Å². The molecule has 0 unspecified atom stereocenters. The van der Waals surface area contributed by atoms with E-state index in [2.05, 4.69) is 133 Å². The van der Waals surface area contributed by atoms with E-state index < -0.39 is 7.12 Å². The SMILES string of the molecule is Brc1ccc2c(c1)oc1c(-c3ccc4ccccc4c3)cccc12.Brc1ccc2c(c1)oc1c(Br)cccc12.C.OB(O)c1ccc2ccccc2c1. The second-order valence-electron chi connectivity index (χ2n) is 12.3. The van der Waals surface area contributed by atoms with Gasteiger partial charge in [0.25, 0.3) is 0 Å². The Bertz CT molecular complexity index is 2900. The molecular weight excluding hydrogens is 855 g/mol. The van der Waals surface area contributed by atoms with Crippen LogP contribution in [0.1, 0.15) is 7.43 Å². The molecule has 0 atom stereocenters. The number of hydrogen-bond acceptors (Lipinski definition) is 4. The molecule has 0 spiro atoms. The summed E-state index contributed by atoms with van der Waals surface area (Å²) in [5.74, 6) is 0. The Morgan fingerprint density at radius 1 is 0.434 bits per heavy atom. The molecule has 0 saturated carbocycles. The highest BCUT2D eigenvalue weighted by Gasteiger charge is 2.13. The van der Waals surface area contributed by atoms with Crippen molar-refractivity contribution in [2.24, 2.45) is 0 Å². The molecule has 10 rings (SSSR count). The van der Waals surface area contributed by atoms with Gasteiger partial charge in [0.1, 0.15) is 22.3 Å². The van der Waals surface area contributed by atoms with Gasteiger partial charge in [0.2, 0.25) is 0 Å². The van der Waals surface area contributed by atoms with Crippen molar-refractivity contribution in [3.8, 4) is 11.1 Å². The first-order valence-electron chi connectivity index (χ1n) is 16.5. The van der Waals surface area contributed by atoms with Gasteiger partial charge in [-0.05, 0) is 97.0 Å². The third-order valence-electron chi connectivity index (χ3n) is 9.01. The van der Waals surface area contributed by atoms with E-state index in [9.17, 15) is 0 Å². The van der Waals surface area contributed by atoms with E-state index in [1.807, 2.05) is 60.7 Å². The van der Waals surface area contributed by atoms with Crippen LogP contribution in [0.4, 0.5) is 0 Å². The monoisotopic (exact) mass is 884 g/mol. The second-order valence-corrected chi connectivity index (χ2v) is 15.0. The molecule has 2 aromatic heterocycles. The minimum absolute atomic E-state index is 0. The summed E-state index contributed by atoms with van der Waals surface area (Å²) < 4.78 is 15.0. The molecule has 2 N–H and O–H groups in total. The zero-order valence-corrected chi connectivity index (χ0v) is 32.2. The molecular formula is C45H32BBr3O4. The van der Waals surface area contributed by atoms with Gasteiger partial charge in [0, 0.05) is 36.1 Å². The van der Waals surface area contributed by atoms with E-state index in [0.29, 0.717) is 5.46 Å². The molecule has 10 aromatic rings. The van der Waals surface area contributed by atoms with Crippen molar-refractivity contribution in [1.82, 2.24) is 0 Å². The molecule has 0 saturated heterocycles. The number of furan rings is 2. The van der Waals surface area contributed by atoms with Crippen LogP contribution in [0.2, 0.25) is 0 Å². The fourth-order valence-corrected chi connectivity index (χ4v) is 7.59. The van der Waals surface area contributed by atoms with Crippen molar-refractivity contribution in [3.05, 3.63) is 171 Å². The molecule has 8 aromatic carbocycles. The highest BCUT2D eigenvalue weighted by Crippen LogP contribution is 2.38. The summed E-state index contributed by atoms with van der Waals surface area (Å²) in [5, 5.41) is 27.1. The zero-order valence-electron chi connectivity index (χ0n) is 27.4. The molecule has 0 fully saturated rings. The van der Waals surface area contributed by atoms with Crippen molar-refractivity contribution in [2.45, 2.75) is 7.43 Å². The van der Waals surface area contributed by atoms with Crippen molar-refractivity contribution in [3.63, 3.8) is 0 Å². The van der Waals surface area contributed by atoms with Gasteiger partial charge in [-0.3, -0.25) is 0 Å². The number of rotatable bonds is 2. The fraction of sp³-hybridized carbons (Fsp3) is 0.0222. The van der Waals surface area contributed by atoms with Crippen molar-refractivity contribution in [1.29, 1.82) is 0 Å². The van der Waals surface area contributed by atoms with Gasteiger partial charge >= 0.3 is 7.12 Å². The number of fused-ring (bicyclic) bond motifs is 8. The first kappa shape index (κ1) is 36.7. The molecule has 8 heteroatoms. The fourth-order valence-electron chi connectivity index (χ4n) is 6.46. The van der Waals surface area contributed by atoms with E-state index in [1.54, 1.807) is 12.1 Å². The standard InChI is InChI=1S/C22H13BrO.C12H6Br2O.C10H9BO2.CH4/c23-17-10-11-19-20-7-3-6-18(22(20)24-21(19)13-17)16-9-8-14-4-1-2-5-15(14)12-16;13-7-4-5-8-9-2-1-3-10(14)12(9)15-11(8)6-7;12-11(13)10-6-5-8-3-1-2-4-9(8)7-10;/h1-13H;1-6H;1-7,12-13H;1H4. The molecule has 2 heterocycles. The Morgan fingerprint density at radius 3 is 1.58 bits per heavy atom. The Morgan fingerprint density at radius 2 is 0.962 bits per heavy atom. The molecule has 0 aliphatic rings. The Hall–Kier alpha value is -4.70. The maximum absolute atomic E-state index is 8.94. The summed E-state index contributed by atoms with van der Waals surface area (Å²) in [6.07, 6.45) is 0. The van der Waals surface area contributed by atoms with Crippen LogP contribution in [0.5, 0.6) is 0 Å². The summed E-state index contributed by atoms with van der Waals surface area (Å²) in [7, 11) is -1.38. The summed E-state index contributed by atoms with van der Waals surface area (Å²) >= 11 is 10.4. The van der Waals surface area contributed by atoms with Crippen LogP contribution in [0.3, 0.4) is 0 Å². The first-order valence-corrected chi connectivity index (χ1v) is 18.9. The molecule has 0 radical (unpaired) electrons. The van der Waals surface area contributed by atoms with Crippen molar-refractivity contribution in [2.75, 3.05) is 0 Å². The summed E-state index contributed by atoms with van der Waals surface area (Å²) in [5.41, 5.74) is 6.51. The first-order chi connectivity index (χ1) is 25.3. The maximum Gasteiger partial charge on any atom is 0.488 e. The molecule has 260 valence electrons. The number of hydrogen-bond donors (Lipinski definition) is 2. The third-order valence-corrected chi connectivity index (χ3v) is 10.6. The van der Waals surface area contributed by atoms with Gasteiger partial charge in [-0.1, -0.05) is 148 Å².